The van der Waals surface area contributed by atoms with Gasteiger partial charge in [-0.05, 0) is 24.3 Å². The summed E-state index contributed by atoms with van der Waals surface area (Å²) in [6.07, 6.45) is 4.27. The zero-order valence-electron chi connectivity index (χ0n) is 15.6. The molecule has 2 unspecified atom stereocenters. The van der Waals surface area contributed by atoms with E-state index in [0.29, 0.717) is 12.8 Å². The number of amides is 1. The van der Waals surface area contributed by atoms with Gasteiger partial charge >= 0.3 is 0 Å². The van der Waals surface area contributed by atoms with Gasteiger partial charge in [0, 0.05) is 12.6 Å². The van der Waals surface area contributed by atoms with E-state index in [1.165, 1.54) is 0 Å². The zero-order chi connectivity index (χ0) is 18.4. The highest BCUT2D eigenvalue weighted by Gasteiger charge is 2.41. The Morgan fingerprint density at radius 1 is 1.15 bits per heavy atom. The van der Waals surface area contributed by atoms with Crippen molar-refractivity contribution in [2.24, 2.45) is 11.7 Å². The van der Waals surface area contributed by atoms with Gasteiger partial charge in [0.1, 0.15) is 5.25 Å². The monoisotopic (exact) mass is 402 g/mol. The maximum absolute atomic E-state index is 13.0. The summed E-state index contributed by atoms with van der Waals surface area (Å²) in [5.74, 6) is -0.688. The van der Waals surface area contributed by atoms with Crippen molar-refractivity contribution < 1.29 is 13.2 Å². The quantitative estimate of drug-likeness (QED) is 0.733. The van der Waals surface area contributed by atoms with Gasteiger partial charge in [0.05, 0.1) is 5.25 Å². The number of carbonyl (C=O) groups excluding carboxylic acids is 1. The molecule has 0 spiro atoms. The predicted octanol–water partition coefficient (Wildman–Crippen LogP) is 3.00. The fraction of sp³-hybridized carbons (Fsp3) is 0.632. The number of carbonyl (C=O) groups is 1. The van der Waals surface area contributed by atoms with Gasteiger partial charge in [-0.2, -0.15) is 0 Å². The molecule has 148 valence electrons. The van der Waals surface area contributed by atoms with E-state index in [2.05, 4.69) is 5.32 Å². The van der Waals surface area contributed by atoms with E-state index in [1.54, 1.807) is 13.8 Å². The molecule has 7 heteroatoms. The van der Waals surface area contributed by atoms with Crippen molar-refractivity contribution in [3.63, 3.8) is 0 Å². The number of nitrogens with one attached hydrogen (secondary N) is 1. The third-order valence-electron chi connectivity index (χ3n) is 4.96. The Morgan fingerprint density at radius 2 is 1.73 bits per heavy atom. The molecule has 0 aliphatic heterocycles. The van der Waals surface area contributed by atoms with Crippen molar-refractivity contribution in [3.05, 3.63) is 35.9 Å². The Labute approximate surface area is 163 Å². The summed E-state index contributed by atoms with van der Waals surface area (Å²) in [5.41, 5.74) is 7.02. The maximum atomic E-state index is 13.0. The number of hydrogen-bond acceptors (Lipinski definition) is 4. The van der Waals surface area contributed by atoms with E-state index in [1.807, 2.05) is 30.3 Å². The molecule has 0 aromatic heterocycles. The third kappa shape index (κ3) is 5.69. The van der Waals surface area contributed by atoms with Crippen molar-refractivity contribution in [2.45, 2.75) is 62.5 Å². The van der Waals surface area contributed by atoms with Crippen LogP contribution in [-0.4, -0.2) is 31.4 Å². The standard InChI is InChI=1S/C19H30N2O3S.ClH/c1-14(2)18(25(23,24)16-11-7-4-8-12-16)19(22)21-13-17(20)15-9-5-3-6-10-15;/h3,5-6,9-10,14,16-18H,4,7-8,11-13,20H2,1-2H3,(H,21,22);1H. The van der Waals surface area contributed by atoms with E-state index < -0.39 is 21.0 Å². The molecule has 2 rings (SSSR count). The lowest BCUT2D eigenvalue weighted by Crippen LogP contribution is -2.48. The van der Waals surface area contributed by atoms with E-state index in [9.17, 15) is 13.2 Å². The van der Waals surface area contributed by atoms with Crippen LogP contribution in [0.1, 0.15) is 57.6 Å². The highest BCUT2D eigenvalue weighted by Crippen LogP contribution is 2.29. The van der Waals surface area contributed by atoms with Gasteiger partial charge in [-0.15, -0.1) is 12.4 Å². The lowest BCUT2D eigenvalue weighted by Gasteiger charge is -2.28. The van der Waals surface area contributed by atoms with Crippen LogP contribution in [0.15, 0.2) is 30.3 Å². The first-order chi connectivity index (χ1) is 11.8. The summed E-state index contributed by atoms with van der Waals surface area (Å²) >= 11 is 0. The molecule has 0 radical (unpaired) electrons. The van der Waals surface area contributed by atoms with Gasteiger partial charge in [0.25, 0.3) is 0 Å². The number of rotatable bonds is 7. The second-order valence-corrected chi connectivity index (χ2v) is 9.63. The number of hydrogen-bond donors (Lipinski definition) is 2. The topological polar surface area (TPSA) is 89.3 Å². The van der Waals surface area contributed by atoms with Crippen LogP contribution in [0.5, 0.6) is 0 Å². The minimum absolute atomic E-state index is 0. The Hall–Kier alpha value is -1.11. The largest absolute Gasteiger partial charge is 0.353 e. The minimum atomic E-state index is -3.49. The van der Waals surface area contributed by atoms with Crippen LogP contribution in [0.25, 0.3) is 0 Å². The first-order valence-electron chi connectivity index (χ1n) is 9.15. The summed E-state index contributed by atoms with van der Waals surface area (Å²) in [4.78, 5) is 12.7. The van der Waals surface area contributed by atoms with Gasteiger partial charge < -0.3 is 11.1 Å². The third-order valence-corrected chi connectivity index (χ3v) is 7.83. The molecule has 5 nitrogen and oxygen atoms in total. The van der Waals surface area contributed by atoms with Crippen molar-refractivity contribution in [2.75, 3.05) is 6.54 Å². The van der Waals surface area contributed by atoms with Gasteiger partial charge in [-0.1, -0.05) is 63.4 Å². The van der Waals surface area contributed by atoms with E-state index in [0.717, 1.165) is 24.8 Å². The Morgan fingerprint density at radius 3 is 2.27 bits per heavy atom. The molecular formula is C19H31ClN2O3S. The number of nitrogens with two attached hydrogens (primary N) is 1. The van der Waals surface area contributed by atoms with Crippen molar-refractivity contribution in [1.29, 1.82) is 0 Å². The predicted molar refractivity (Wildman–Crippen MR) is 108 cm³/mol. The molecule has 26 heavy (non-hydrogen) atoms. The average molecular weight is 403 g/mol. The summed E-state index contributed by atoms with van der Waals surface area (Å²) in [5, 5.41) is 1.38. The van der Waals surface area contributed by atoms with Crippen molar-refractivity contribution >= 4 is 28.2 Å². The number of sulfone groups is 1. The average Bonchev–Trinajstić information content (AvgIpc) is 2.60. The first-order valence-corrected chi connectivity index (χ1v) is 10.8. The fourth-order valence-corrected chi connectivity index (χ4v) is 6.11. The van der Waals surface area contributed by atoms with Gasteiger partial charge in [0.15, 0.2) is 9.84 Å². The normalized spacial score (nSPS) is 18.0. The summed E-state index contributed by atoms with van der Waals surface area (Å²) in [6, 6.07) is 9.13. The van der Waals surface area contributed by atoms with E-state index in [-0.39, 0.29) is 36.2 Å². The van der Waals surface area contributed by atoms with Crippen LogP contribution in [0.4, 0.5) is 0 Å². The molecule has 2 atom stereocenters. The SMILES string of the molecule is CC(C)C(C(=O)NCC(N)c1ccccc1)S(=O)(=O)C1CCCCC1.Cl. The summed E-state index contributed by atoms with van der Waals surface area (Å²) in [6.45, 7) is 3.82. The Kier molecular flexibility index (Phi) is 9.07. The molecule has 1 aliphatic rings. The Bertz CT molecular complexity index is 659. The molecule has 0 heterocycles. The van der Waals surface area contributed by atoms with E-state index >= 15 is 0 Å². The van der Waals surface area contributed by atoms with Crippen LogP contribution in [-0.2, 0) is 14.6 Å². The smallest absolute Gasteiger partial charge is 0.238 e. The molecule has 0 bridgehead atoms. The lowest BCUT2D eigenvalue weighted by molar-refractivity contribution is -0.121. The fourth-order valence-electron chi connectivity index (χ4n) is 3.56. The molecule has 1 aromatic rings. The first kappa shape index (κ1) is 22.9. The molecule has 1 aliphatic carbocycles. The van der Waals surface area contributed by atoms with Gasteiger partial charge in [-0.25, -0.2) is 8.42 Å². The summed E-state index contributed by atoms with van der Waals surface area (Å²) in [7, 11) is -3.49. The van der Waals surface area contributed by atoms with E-state index in [4.69, 9.17) is 5.73 Å². The van der Waals surface area contributed by atoms with Gasteiger partial charge in [-0.3, -0.25) is 4.79 Å². The van der Waals surface area contributed by atoms with Crippen LogP contribution in [0.2, 0.25) is 0 Å². The molecule has 0 saturated heterocycles. The Balaban J connectivity index is 0.00000338. The summed E-state index contributed by atoms with van der Waals surface area (Å²) < 4.78 is 26.0. The lowest BCUT2D eigenvalue weighted by atomic mass is 10.0. The molecule has 1 fully saturated rings. The van der Waals surface area contributed by atoms with Crippen LogP contribution in [0, 0.1) is 5.92 Å². The van der Waals surface area contributed by atoms with Crippen LogP contribution in [0.3, 0.4) is 0 Å². The van der Waals surface area contributed by atoms with Crippen molar-refractivity contribution in [1.82, 2.24) is 5.32 Å². The highest BCUT2D eigenvalue weighted by molar-refractivity contribution is 7.93. The number of halogens is 1. The maximum Gasteiger partial charge on any atom is 0.238 e. The zero-order valence-corrected chi connectivity index (χ0v) is 17.2. The molecule has 1 amide bonds. The minimum Gasteiger partial charge on any atom is -0.353 e. The van der Waals surface area contributed by atoms with Crippen LogP contribution < -0.4 is 11.1 Å². The van der Waals surface area contributed by atoms with Gasteiger partial charge in [0.2, 0.25) is 5.91 Å². The second-order valence-electron chi connectivity index (χ2n) is 7.28. The van der Waals surface area contributed by atoms with Crippen molar-refractivity contribution in [3.8, 4) is 0 Å². The van der Waals surface area contributed by atoms with Crippen LogP contribution >= 0.6 is 12.4 Å². The number of benzene rings is 1. The molecule has 3 N–H and O–H groups in total. The molecular weight excluding hydrogens is 372 g/mol. The second kappa shape index (κ2) is 10.3. The highest BCUT2D eigenvalue weighted by atomic mass is 35.5. The molecule has 1 saturated carbocycles. The molecule has 1 aromatic carbocycles.